The molecule has 0 N–H and O–H groups in total. The number of benzene rings is 1. The van der Waals surface area contributed by atoms with Gasteiger partial charge in [0.25, 0.3) is 0 Å². The third kappa shape index (κ3) is 1.32. The molecule has 14 heavy (non-hydrogen) atoms. The van der Waals surface area contributed by atoms with Crippen LogP contribution in [-0.4, -0.2) is 13.4 Å². The van der Waals surface area contributed by atoms with Gasteiger partial charge in [-0.2, -0.15) is 0 Å². The Balaban J connectivity index is 2.48. The second kappa shape index (κ2) is 3.64. The van der Waals surface area contributed by atoms with Gasteiger partial charge < -0.3 is 9.47 Å². The number of aldehydes is 1. The lowest BCUT2D eigenvalue weighted by Gasteiger charge is -2.08. The minimum absolute atomic E-state index is 0.391. The molecule has 0 bridgehead atoms. The number of carbonyl (C=O) groups excluding carboxylic acids is 1. The first-order chi connectivity index (χ1) is 6.86. The van der Waals surface area contributed by atoms with Crippen LogP contribution in [-0.2, 0) is 14.3 Å². The van der Waals surface area contributed by atoms with E-state index in [2.05, 4.69) is 0 Å². The average Bonchev–Trinajstić information content (AvgIpc) is 2.58. The summed E-state index contributed by atoms with van der Waals surface area (Å²) in [7, 11) is 1.57. The van der Waals surface area contributed by atoms with Crippen LogP contribution < -0.4 is 0 Å². The number of fused-ring (bicyclic) bond motifs is 1. The van der Waals surface area contributed by atoms with Crippen molar-refractivity contribution in [3.05, 3.63) is 41.5 Å². The maximum atomic E-state index is 10.4. The smallest absolute Gasteiger partial charge is 0.227 e. The van der Waals surface area contributed by atoms with E-state index in [0.717, 1.165) is 11.1 Å². The van der Waals surface area contributed by atoms with E-state index in [1.807, 2.05) is 24.3 Å². The Labute approximate surface area is 81.9 Å². The van der Waals surface area contributed by atoms with E-state index in [-0.39, 0.29) is 0 Å². The SMILES string of the molecule is COC1O/C(=C\C=O)c2ccccc21. The molecule has 1 aromatic rings. The fourth-order valence-electron chi connectivity index (χ4n) is 1.54. The Kier molecular flexibility index (Phi) is 2.33. The fraction of sp³-hybridized carbons (Fsp3) is 0.182. The van der Waals surface area contributed by atoms with Gasteiger partial charge in [-0.15, -0.1) is 0 Å². The van der Waals surface area contributed by atoms with Gasteiger partial charge in [-0.1, -0.05) is 24.3 Å². The van der Waals surface area contributed by atoms with Gasteiger partial charge >= 0.3 is 0 Å². The predicted molar refractivity (Wildman–Crippen MR) is 51.3 cm³/mol. The van der Waals surface area contributed by atoms with Crippen molar-refractivity contribution < 1.29 is 14.3 Å². The first kappa shape index (κ1) is 8.97. The molecule has 72 valence electrons. The fourth-order valence-corrected chi connectivity index (χ4v) is 1.54. The van der Waals surface area contributed by atoms with Crippen LogP contribution in [0.25, 0.3) is 5.76 Å². The van der Waals surface area contributed by atoms with E-state index in [0.29, 0.717) is 12.0 Å². The van der Waals surface area contributed by atoms with Gasteiger partial charge in [0.05, 0.1) is 0 Å². The summed E-state index contributed by atoms with van der Waals surface area (Å²) in [5.74, 6) is 0.572. The van der Waals surface area contributed by atoms with Crippen molar-refractivity contribution in [1.29, 1.82) is 0 Å². The number of methoxy groups -OCH3 is 1. The lowest BCUT2D eigenvalue weighted by atomic mass is 10.1. The molecule has 0 saturated heterocycles. The summed E-state index contributed by atoms with van der Waals surface area (Å²) in [5.41, 5.74) is 1.88. The number of hydrogen-bond donors (Lipinski definition) is 0. The van der Waals surface area contributed by atoms with E-state index >= 15 is 0 Å². The molecule has 1 aromatic carbocycles. The summed E-state index contributed by atoms with van der Waals surface area (Å²) in [6.07, 6.45) is 1.72. The molecule has 0 saturated carbocycles. The molecule has 1 heterocycles. The summed E-state index contributed by atoms with van der Waals surface area (Å²) in [6.45, 7) is 0. The molecule has 0 aliphatic carbocycles. The monoisotopic (exact) mass is 190 g/mol. The minimum Gasteiger partial charge on any atom is -0.460 e. The highest BCUT2D eigenvalue weighted by molar-refractivity contribution is 5.81. The highest BCUT2D eigenvalue weighted by atomic mass is 16.7. The van der Waals surface area contributed by atoms with E-state index in [9.17, 15) is 4.79 Å². The van der Waals surface area contributed by atoms with Crippen molar-refractivity contribution in [1.82, 2.24) is 0 Å². The molecule has 1 atom stereocenters. The van der Waals surface area contributed by atoms with Crippen LogP contribution in [0, 0.1) is 0 Å². The topological polar surface area (TPSA) is 35.5 Å². The molecule has 0 spiro atoms. The molecule has 1 unspecified atom stereocenters. The largest absolute Gasteiger partial charge is 0.460 e. The summed E-state index contributed by atoms with van der Waals surface area (Å²) in [6, 6.07) is 7.65. The molecule has 3 heteroatoms. The van der Waals surface area contributed by atoms with Gasteiger partial charge in [-0.25, -0.2) is 0 Å². The maximum Gasteiger partial charge on any atom is 0.227 e. The normalized spacial score (nSPS) is 21.8. The molecule has 1 aliphatic rings. The van der Waals surface area contributed by atoms with E-state index < -0.39 is 6.29 Å². The van der Waals surface area contributed by atoms with Crippen LogP contribution in [0.1, 0.15) is 17.4 Å². The summed E-state index contributed by atoms with van der Waals surface area (Å²) in [5, 5.41) is 0. The van der Waals surface area contributed by atoms with Crippen LogP contribution in [0.3, 0.4) is 0 Å². The standard InChI is InChI=1S/C11H10O3/c1-13-11-9-5-3-2-4-8(9)10(14-11)6-7-12/h2-7,11H,1H3/b10-6-. The Hall–Kier alpha value is -1.61. The number of ether oxygens (including phenoxy) is 2. The molecule has 0 aromatic heterocycles. The van der Waals surface area contributed by atoms with Crippen LogP contribution in [0.5, 0.6) is 0 Å². The molecule has 0 radical (unpaired) electrons. The van der Waals surface area contributed by atoms with Gasteiger partial charge in [0.15, 0.2) is 0 Å². The van der Waals surface area contributed by atoms with Crippen molar-refractivity contribution in [2.45, 2.75) is 6.29 Å². The van der Waals surface area contributed by atoms with Crippen molar-refractivity contribution in [2.75, 3.05) is 7.11 Å². The first-order valence-corrected chi connectivity index (χ1v) is 4.31. The first-order valence-electron chi connectivity index (χ1n) is 4.31. The van der Waals surface area contributed by atoms with E-state index in [1.54, 1.807) is 7.11 Å². The third-order valence-electron chi connectivity index (χ3n) is 2.15. The number of hydrogen-bond acceptors (Lipinski definition) is 3. The highest BCUT2D eigenvalue weighted by Crippen LogP contribution is 2.37. The van der Waals surface area contributed by atoms with Crippen molar-refractivity contribution in [2.24, 2.45) is 0 Å². The average molecular weight is 190 g/mol. The maximum absolute atomic E-state index is 10.4. The molecule has 0 fully saturated rings. The predicted octanol–water partition coefficient (Wildman–Crippen LogP) is 1.90. The van der Waals surface area contributed by atoms with Crippen LogP contribution in [0.15, 0.2) is 30.3 Å². The number of allylic oxidation sites excluding steroid dienone is 1. The molecule has 0 amide bonds. The van der Waals surface area contributed by atoms with Gasteiger partial charge in [0.2, 0.25) is 6.29 Å². The molecular formula is C11H10O3. The van der Waals surface area contributed by atoms with Crippen LogP contribution >= 0.6 is 0 Å². The lowest BCUT2D eigenvalue weighted by molar-refractivity contribution is -0.104. The summed E-state index contributed by atoms with van der Waals surface area (Å²) in [4.78, 5) is 10.4. The molecule has 3 nitrogen and oxygen atoms in total. The van der Waals surface area contributed by atoms with Gasteiger partial charge in [0, 0.05) is 24.3 Å². The van der Waals surface area contributed by atoms with Gasteiger partial charge in [0.1, 0.15) is 12.0 Å². The van der Waals surface area contributed by atoms with Gasteiger partial charge in [-0.3, -0.25) is 4.79 Å². The van der Waals surface area contributed by atoms with Crippen molar-refractivity contribution >= 4 is 12.0 Å². The highest BCUT2D eigenvalue weighted by Gasteiger charge is 2.26. The zero-order chi connectivity index (χ0) is 9.97. The van der Waals surface area contributed by atoms with Crippen molar-refractivity contribution in [3.63, 3.8) is 0 Å². The third-order valence-corrected chi connectivity index (χ3v) is 2.15. The molecule has 2 rings (SSSR count). The quantitative estimate of drug-likeness (QED) is 0.527. The number of rotatable bonds is 2. The summed E-state index contributed by atoms with van der Waals surface area (Å²) >= 11 is 0. The second-order valence-electron chi connectivity index (χ2n) is 2.94. The zero-order valence-electron chi connectivity index (χ0n) is 7.77. The van der Waals surface area contributed by atoms with Crippen LogP contribution in [0.4, 0.5) is 0 Å². The van der Waals surface area contributed by atoms with Crippen LogP contribution in [0.2, 0.25) is 0 Å². The van der Waals surface area contributed by atoms with Crippen molar-refractivity contribution in [3.8, 4) is 0 Å². The molecular weight excluding hydrogens is 180 g/mol. The summed E-state index contributed by atoms with van der Waals surface area (Å²) < 4.78 is 10.6. The van der Waals surface area contributed by atoms with Gasteiger partial charge in [-0.05, 0) is 0 Å². The Bertz CT molecular complexity index is 382. The van der Waals surface area contributed by atoms with E-state index in [1.165, 1.54) is 6.08 Å². The second-order valence-corrected chi connectivity index (χ2v) is 2.94. The molecule has 1 aliphatic heterocycles. The Morgan fingerprint density at radius 2 is 2.21 bits per heavy atom. The Morgan fingerprint density at radius 3 is 2.93 bits per heavy atom. The number of carbonyl (C=O) groups is 1. The van der Waals surface area contributed by atoms with E-state index in [4.69, 9.17) is 9.47 Å². The zero-order valence-corrected chi connectivity index (χ0v) is 7.77. The Morgan fingerprint density at radius 1 is 1.43 bits per heavy atom. The minimum atomic E-state index is -0.391. The lowest BCUT2D eigenvalue weighted by Crippen LogP contribution is -1.96.